The fraction of sp³-hybridized carbons (Fsp3) is 0.364. The Balaban J connectivity index is 0.00000480. The Kier molecular flexibility index (Phi) is 12.1. The molecular weight excluding hydrogens is 531 g/mol. The van der Waals surface area contributed by atoms with Crippen molar-refractivity contribution < 1.29 is 14.3 Å². The van der Waals surface area contributed by atoms with E-state index in [2.05, 4.69) is 20.9 Å². The van der Waals surface area contributed by atoms with E-state index in [1.165, 1.54) is 0 Å². The van der Waals surface area contributed by atoms with Crippen molar-refractivity contribution in [3.05, 3.63) is 52.5 Å². The van der Waals surface area contributed by atoms with Gasteiger partial charge < -0.3 is 25.4 Å². The molecule has 0 aromatic heterocycles. The quantitative estimate of drug-likeness (QED) is 0.241. The molecule has 7 nitrogen and oxygen atoms in total. The smallest absolute Gasteiger partial charge is 0.226 e. The summed E-state index contributed by atoms with van der Waals surface area (Å²) >= 11 is 6.10. The third kappa shape index (κ3) is 8.45. The van der Waals surface area contributed by atoms with Gasteiger partial charge in [0.1, 0.15) is 11.5 Å². The molecule has 3 N–H and O–H groups in total. The second-order valence-corrected chi connectivity index (χ2v) is 6.92. The molecule has 2 rings (SSSR count). The van der Waals surface area contributed by atoms with Crippen LogP contribution in [0.3, 0.4) is 0 Å². The molecule has 0 aliphatic heterocycles. The summed E-state index contributed by atoms with van der Waals surface area (Å²) in [6.07, 6.45) is 0.294. The molecule has 2 aromatic rings. The number of hydrogen-bond donors (Lipinski definition) is 3. The zero-order valence-electron chi connectivity index (χ0n) is 18.3. The Morgan fingerprint density at radius 3 is 2.58 bits per heavy atom. The number of nitrogens with zero attached hydrogens (tertiary/aromatic N) is 1. The van der Waals surface area contributed by atoms with Crippen molar-refractivity contribution >= 4 is 53.1 Å². The standard InChI is InChI=1S/C22H29ClN4O3.HI/c1-5-24-22(26-14-16-9-10-17(29-3)13-20(16)30-4)25-12-11-21(28)27-19-8-6-7-18(23)15(19)2;/h6-10,13H,5,11-12,14H2,1-4H3,(H,27,28)(H2,24,25,26);1H. The van der Waals surface area contributed by atoms with Crippen molar-refractivity contribution in [2.45, 2.75) is 26.8 Å². The maximum absolute atomic E-state index is 12.3. The largest absolute Gasteiger partial charge is 0.497 e. The fourth-order valence-electron chi connectivity index (χ4n) is 2.74. The number of carbonyl (C=O) groups excluding carboxylic acids is 1. The minimum absolute atomic E-state index is 0. The zero-order chi connectivity index (χ0) is 21.9. The predicted octanol–water partition coefficient (Wildman–Crippen LogP) is 4.37. The third-order valence-electron chi connectivity index (χ3n) is 4.43. The number of carbonyl (C=O) groups is 1. The first-order valence-corrected chi connectivity index (χ1v) is 10.1. The van der Waals surface area contributed by atoms with Crippen molar-refractivity contribution in [1.82, 2.24) is 10.6 Å². The lowest BCUT2D eigenvalue weighted by Gasteiger charge is -2.13. The van der Waals surface area contributed by atoms with Crippen LogP contribution in [0, 0.1) is 6.92 Å². The van der Waals surface area contributed by atoms with Crippen LogP contribution >= 0.6 is 35.6 Å². The molecule has 0 saturated carbocycles. The highest BCUT2D eigenvalue weighted by molar-refractivity contribution is 14.0. The molecule has 0 fully saturated rings. The maximum Gasteiger partial charge on any atom is 0.226 e. The molecular formula is C22H30ClIN4O3. The molecule has 0 radical (unpaired) electrons. The highest BCUT2D eigenvalue weighted by Gasteiger charge is 2.08. The van der Waals surface area contributed by atoms with E-state index in [4.69, 9.17) is 21.1 Å². The Morgan fingerprint density at radius 2 is 1.90 bits per heavy atom. The summed E-state index contributed by atoms with van der Waals surface area (Å²) in [5, 5.41) is 9.87. The number of nitrogens with one attached hydrogen (secondary N) is 3. The van der Waals surface area contributed by atoms with Crippen LogP contribution < -0.4 is 25.4 Å². The summed E-state index contributed by atoms with van der Waals surface area (Å²) in [4.78, 5) is 16.8. The lowest BCUT2D eigenvalue weighted by molar-refractivity contribution is -0.116. The molecule has 0 aliphatic carbocycles. The van der Waals surface area contributed by atoms with Crippen LogP contribution in [0.4, 0.5) is 5.69 Å². The number of guanidine groups is 1. The van der Waals surface area contributed by atoms with E-state index in [1.54, 1.807) is 20.3 Å². The summed E-state index contributed by atoms with van der Waals surface area (Å²) in [5.74, 6) is 1.97. The lowest BCUT2D eigenvalue weighted by atomic mass is 10.2. The molecule has 0 unspecified atom stereocenters. The van der Waals surface area contributed by atoms with Crippen LogP contribution in [0.25, 0.3) is 0 Å². The number of rotatable bonds is 9. The van der Waals surface area contributed by atoms with Crippen LogP contribution in [0.15, 0.2) is 41.4 Å². The van der Waals surface area contributed by atoms with E-state index in [1.807, 2.05) is 44.2 Å². The first-order valence-electron chi connectivity index (χ1n) is 9.76. The average Bonchev–Trinajstić information content (AvgIpc) is 2.75. The highest BCUT2D eigenvalue weighted by atomic mass is 127. The topological polar surface area (TPSA) is 84.0 Å². The molecule has 0 saturated heterocycles. The van der Waals surface area contributed by atoms with Gasteiger partial charge in [0.25, 0.3) is 0 Å². The molecule has 31 heavy (non-hydrogen) atoms. The van der Waals surface area contributed by atoms with E-state index in [0.717, 1.165) is 22.6 Å². The van der Waals surface area contributed by atoms with Gasteiger partial charge in [-0.2, -0.15) is 0 Å². The second kappa shape index (κ2) is 14.0. The first-order chi connectivity index (χ1) is 14.5. The van der Waals surface area contributed by atoms with Gasteiger partial charge in [-0.1, -0.05) is 17.7 Å². The van der Waals surface area contributed by atoms with E-state index in [-0.39, 0.29) is 29.9 Å². The predicted molar refractivity (Wildman–Crippen MR) is 137 cm³/mol. The first kappa shape index (κ1) is 26.8. The van der Waals surface area contributed by atoms with Gasteiger partial charge in [0.2, 0.25) is 5.91 Å². The highest BCUT2D eigenvalue weighted by Crippen LogP contribution is 2.25. The van der Waals surface area contributed by atoms with Gasteiger partial charge in [-0.3, -0.25) is 4.79 Å². The van der Waals surface area contributed by atoms with Gasteiger partial charge in [0.15, 0.2) is 5.96 Å². The summed E-state index contributed by atoms with van der Waals surface area (Å²) in [6, 6.07) is 11.1. The molecule has 2 aromatic carbocycles. The Bertz CT molecular complexity index is 893. The van der Waals surface area contributed by atoms with Crippen molar-refractivity contribution in [2.24, 2.45) is 4.99 Å². The lowest BCUT2D eigenvalue weighted by Crippen LogP contribution is -2.38. The molecule has 0 bridgehead atoms. The summed E-state index contributed by atoms with van der Waals surface area (Å²) in [7, 11) is 3.23. The van der Waals surface area contributed by atoms with E-state index < -0.39 is 0 Å². The molecule has 0 heterocycles. The Labute approximate surface area is 206 Å². The summed E-state index contributed by atoms with van der Waals surface area (Å²) < 4.78 is 10.6. The number of halogens is 2. The normalized spacial score (nSPS) is 10.7. The van der Waals surface area contributed by atoms with Crippen LogP contribution in [-0.2, 0) is 11.3 Å². The summed E-state index contributed by atoms with van der Waals surface area (Å²) in [6.45, 7) is 5.44. The van der Waals surface area contributed by atoms with E-state index in [0.29, 0.717) is 42.8 Å². The van der Waals surface area contributed by atoms with Crippen molar-refractivity contribution in [3.8, 4) is 11.5 Å². The minimum atomic E-state index is -0.0967. The molecule has 170 valence electrons. The van der Waals surface area contributed by atoms with Crippen LogP contribution in [-0.4, -0.2) is 39.2 Å². The van der Waals surface area contributed by atoms with Gasteiger partial charge in [0.05, 0.1) is 20.8 Å². The average molecular weight is 561 g/mol. The number of aliphatic imine (C=N–C) groups is 1. The number of benzene rings is 2. The van der Waals surface area contributed by atoms with Crippen molar-refractivity contribution in [2.75, 3.05) is 32.6 Å². The van der Waals surface area contributed by atoms with Gasteiger partial charge in [-0.05, 0) is 43.7 Å². The van der Waals surface area contributed by atoms with Crippen molar-refractivity contribution in [1.29, 1.82) is 0 Å². The third-order valence-corrected chi connectivity index (χ3v) is 4.84. The zero-order valence-corrected chi connectivity index (χ0v) is 21.3. The maximum atomic E-state index is 12.3. The Hall–Kier alpha value is -2.20. The molecule has 0 atom stereocenters. The number of amides is 1. The minimum Gasteiger partial charge on any atom is -0.497 e. The van der Waals surface area contributed by atoms with Gasteiger partial charge in [-0.15, -0.1) is 24.0 Å². The number of hydrogen-bond acceptors (Lipinski definition) is 4. The number of ether oxygens (including phenoxy) is 2. The van der Waals surface area contributed by atoms with Gasteiger partial charge in [-0.25, -0.2) is 4.99 Å². The Morgan fingerprint density at radius 1 is 1.13 bits per heavy atom. The molecule has 0 aliphatic rings. The molecule has 0 spiro atoms. The van der Waals surface area contributed by atoms with Gasteiger partial charge in [0, 0.05) is 41.9 Å². The van der Waals surface area contributed by atoms with Crippen LogP contribution in [0.5, 0.6) is 11.5 Å². The van der Waals surface area contributed by atoms with Crippen molar-refractivity contribution in [3.63, 3.8) is 0 Å². The fourth-order valence-corrected chi connectivity index (χ4v) is 2.91. The van der Waals surface area contributed by atoms with E-state index in [9.17, 15) is 4.79 Å². The monoisotopic (exact) mass is 560 g/mol. The molecule has 1 amide bonds. The SMILES string of the molecule is CCNC(=NCc1ccc(OC)cc1OC)NCCC(=O)Nc1cccc(Cl)c1C.I. The number of anilines is 1. The molecule has 9 heteroatoms. The van der Waals surface area contributed by atoms with Gasteiger partial charge >= 0.3 is 0 Å². The summed E-state index contributed by atoms with van der Waals surface area (Å²) in [5.41, 5.74) is 2.51. The van der Waals surface area contributed by atoms with Crippen LogP contribution in [0.1, 0.15) is 24.5 Å². The van der Waals surface area contributed by atoms with Crippen LogP contribution in [0.2, 0.25) is 5.02 Å². The second-order valence-electron chi connectivity index (χ2n) is 6.51. The number of methoxy groups -OCH3 is 2. The van der Waals surface area contributed by atoms with E-state index >= 15 is 0 Å².